The summed E-state index contributed by atoms with van der Waals surface area (Å²) in [6, 6.07) is 0.139. The van der Waals surface area contributed by atoms with Crippen LogP contribution >= 0.6 is 11.8 Å². The molecule has 1 aliphatic rings. The summed E-state index contributed by atoms with van der Waals surface area (Å²) in [5, 5.41) is 3.01. The number of amides is 1. The van der Waals surface area contributed by atoms with Crippen molar-refractivity contribution in [2.24, 2.45) is 5.73 Å². The van der Waals surface area contributed by atoms with Gasteiger partial charge in [0, 0.05) is 12.6 Å². The van der Waals surface area contributed by atoms with E-state index in [-0.39, 0.29) is 16.7 Å². The summed E-state index contributed by atoms with van der Waals surface area (Å²) in [6.07, 6.45) is 3.04. The normalized spacial score (nSPS) is 28.8. The van der Waals surface area contributed by atoms with E-state index in [4.69, 9.17) is 5.73 Å². The van der Waals surface area contributed by atoms with Crippen molar-refractivity contribution < 1.29 is 4.79 Å². The molecule has 0 bridgehead atoms. The largest absolute Gasteiger partial charge is 0.351 e. The minimum absolute atomic E-state index is 0.139. The second-order valence-corrected chi connectivity index (χ2v) is 5.60. The lowest BCUT2D eigenvalue weighted by atomic mass is 10.0. The maximum absolute atomic E-state index is 11.9. The van der Waals surface area contributed by atoms with Crippen molar-refractivity contribution in [3.05, 3.63) is 0 Å². The van der Waals surface area contributed by atoms with Crippen molar-refractivity contribution >= 4 is 17.7 Å². The monoisotopic (exact) mass is 216 g/mol. The molecular weight excluding hydrogens is 196 g/mol. The summed E-state index contributed by atoms with van der Waals surface area (Å²) in [5.41, 5.74) is 5.55. The lowest BCUT2D eigenvalue weighted by Crippen LogP contribution is -2.47. The number of nitrogens with two attached hydrogens (primary N) is 1. The highest BCUT2D eigenvalue weighted by atomic mass is 32.2. The molecule has 0 aliphatic carbocycles. The SMILES string of the molecule is CCC(CN)NC(=O)C1(C)CCCS1. The molecular formula is C10H20N2OS. The standard InChI is InChI=1S/C10H20N2OS/c1-3-8(7-11)12-9(13)10(2)5-4-6-14-10/h8H,3-7,11H2,1-2H3,(H,12,13). The Hall–Kier alpha value is -0.220. The van der Waals surface area contributed by atoms with E-state index in [2.05, 4.69) is 5.32 Å². The van der Waals surface area contributed by atoms with Gasteiger partial charge in [-0.15, -0.1) is 11.8 Å². The molecule has 1 saturated heterocycles. The molecule has 14 heavy (non-hydrogen) atoms. The second kappa shape index (κ2) is 5.03. The van der Waals surface area contributed by atoms with Crippen LogP contribution in [0.2, 0.25) is 0 Å². The molecule has 4 heteroatoms. The van der Waals surface area contributed by atoms with E-state index in [1.165, 1.54) is 0 Å². The zero-order valence-corrected chi connectivity index (χ0v) is 9.82. The Balaban J connectivity index is 2.48. The molecule has 1 heterocycles. The number of rotatable bonds is 4. The van der Waals surface area contributed by atoms with Crippen molar-refractivity contribution in [2.45, 2.75) is 43.9 Å². The Morgan fingerprint density at radius 1 is 1.71 bits per heavy atom. The van der Waals surface area contributed by atoms with Crippen LogP contribution in [0.25, 0.3) is 0 Å². The van der Waals surface area contributed by atoms with E-state index in [0.717, 1.165) is 25.0 Å². The molecule has 2 unspecified atom stereocenters. The summed E-state index contributed by atoms with van der Waals surface area (Å²) in [5.74, 6) is 1.26. The lowest BCUT2D eigenvalue weighted by molar-refractivity contribution is -0.123. The van der Waals surface area contributed by atoms with Gasteiger partial charge in [0.15, 0.2) is 0 Å². The molecule has 0 aromatic heterocycles. The first-order chi connectivity index (χ1) is 6.62. The van der Waals surface area contributed by atoms with E-state index in [1.54, 1.807) is 11.8 Å². The molecule has 82 valence electrons. The highest BCUT2D eigenvalue weighted by molar-refractivity contribution is 8.01. The Morgan fingerprint density at radius 3 is 2.86 bits per heavy atom. The minimum Gasteiger partial charge on any atom is -0.351 e. The Morgan fingerprint density at radius 2 is 2.43 bits per heavy atom. The second-order valence-electron chi connectivity index (χ2n) is 4.00. The van der Waals surface area contributed by atoms with Crippen molar-refractivity contribution in [3.63, 3.8) is 0 Å². The predicted molar refractivity (Wildman–Crippen MR) is 61.4 cm³/mol. The Kier molecular flexibility index (Phi) is 4.26. The van der Waals surface area contributed by atoms with Crippen LogP contribution in [0.3, 0.4) is 0 Å². The molecule has 0 saturated carbocycles. The number of carbonyl (C=O) groups is 1. The van der Waals surface area contributed by atoms with Crippen molar-refractivity contribution in [2.75, 3.05) is 12.3 Å². The lowest BCUT2D eigenvalue weighted by Gasteiger charge is -2.25. The zero-order chi connectivity index (χ0) is 10.6. The van der Waals surface area contributed by atoms with Gasteiger partial charge in [0.25, 0.3) is 0 Å². The number of hydrogen-bond donors (Lipinski definition) is 2. The van der Waals surface area contributed by atoms with Crippen LogP contribution in [0.15, 0.2) is 0 Å². The fourth-order valence-electron chi connectivity index (χ4n) is 1.62. The first kappa shape index (κ1) is 11.9. The van der Waals surface area contributed by atoms with E-state index >= 15 is 0 Å². The summed E-state index contributed by atoms with van der Waals surface area (Å²) in [6.45, 7) is 4.61. The number of carbonyl (C=O) groups excluding carboxylic acids is 1. The fraction of sp³-hybridized carbons (Fsp3) is 0.900. The highest BCUT2D eigenvalue weighted by Crippen LogP contribution is 2.37. The van der Waals surface area contributed by atoms with Gasteiger partial charge >= 0.3 is 0 Å². The van der Waals surface area contributed by atoms with E-state index in [9.17, 15) is 4.79 Å². The van der Waals surface area contributed by atoms with Crippen LogP contribution in [0, 0.1) is 0 Å². The number of hydrogen-bond acceptors (Lipinski definition) is 3. The van der Waals surface area contributed by atoms with Gasteiger partial charge in [0.1, 0.15) is 0 Å². The van der Waals surface area contributed by atoms with Crippen molar-refractivity contribution in [1.82, 2.24) is 5.32 Å². The fourth-order valence-corrected chi connectivity index (χ4v) is 2.84. The summed E-state index contributed by atoms with van der Waals surface area (Å²) >= 11 is 1.76. The van der Waals surface area contributed by atoms with Gasteiger partial charge in [-0.2, -0.15) is 0 Å². The molecule has 0 aromatic rings. The Labute approximate surface area is 90.2 Å². The van der Waals surface area contributed by atoms with Gasteiger partial charge in [-0.1, -0.05) is 6.92 Å². The Bertz CT molecular complexity index is 198. The maximum Gasteiger partial charge on any atom is 0.236 e. The molecule has 0 radical (unpaired) electrons. The van der Waals surface area contributed by atoms with Crippen LogP contribution in [0.5, 0.6) is 0 Å². The maximum atomic E-state index is 11.9. The summed E-state index contributed by atoms with van der Waals surface area (Å²) < 4.78 is -0.206. The molecule has 3 nitrogen and oxygen atoms in total. The van der Waals surface area contributed by atoms with E-state index < -0.39 is 0 Å². The molecule has 1 aliphatic heterocycles. The van der Waals surface area contributed by atoms with Crippen LogP contribution in [-0.2, 0) is 4.79 Å². The first-order valence-corrected chi connectivity index (χ1v) is 6.26. The van der Waals surface area contributed by atoms with E-state index in [0.29, 0.717) is 6.54 Å². The first-order valence-electron chi connectivity index (χ1n) is 5.27. The number of nitrogens with one attached hydrogen (secondary N) is 1. The predicted octanol–water partition coefficient (Wildman–Crippen LogP) is 1.13. The number of thioether (sulfide) groups is 1. The van der Waals surface area contributed by atoms with Crippen LogP contribution in [0.1, 0.15) is 33.1 Å². The van der Waals surface area contributed by atoms with Crippen LogP contribution in [-0.4, -0.2) is 29.0 Å². The molecule has 0 spiro atoms. The molecule has 1 fully saturated rings. The molecule has 1 rings (SSSR count). The van der Waals surface area contributed by atoms with Gasteiger partial charge in [-0.25, -0.2) is 0 Å². The summed E-state index contributed by atoms with van der Waals surface area (Å²) in [7, 11) is 0. The van der Waals surface area contributed by atoms with Crippen LogP contribution in [0.4, 0.5) is 0 Å². The topological polar surface area (TPSA) is 55.1 Å². The average Bonchev–Trinajstić information content (AvgIpc) is 2.62. The quantitative estimate of drug-likeness (QED) is 0.740. The van der Waals surface area contributed by atoms with Gasteiger partial charge in [-0.3, -0.25) is 4.79 Å². The van der Waals surface area contributed by atoms with Crippen LogP contribution < -0.4 is 11.1 Å². The van der Waals surface area contributed by atoms with Gasteiger partial charge in [0.05, 0.1) is 4.75 Å². The third-order valence-corrected chi connectivity index (χ3v) is 4.33. The van der Waals surface area contributed by atoms with Crippen molar-refractivity contribution in [1.29, 1.82) is 0 Å². The average molecular weight is 216 g/mol. The molecule has 1 amide bonds. The molecule has 2 atom stereocenters. The van der Waals surface area contributed by atoms with Gasteiger partial charge in [0.2, 0.25) is 5.91 Å². The zero-order valence-electron chi connectivity index (χ0n) is 9.01. The third kappa shape index (κ3) is 2.64. The van der Waals surface area contributed by atoms with Gasteiger partial charge < -0.3 is 11.1 Å². The van der Waals surface area contributed by atoms with Crippen molar-refractivity contribution in [3.8, 4) is 0 Å². The minimum atomic E-state index is -0.206. The molecule has 0 aromatic carbocycles. The summed E-state index contributed by atoms with van der Waals surface area (Å²) in [4.78, 5) is 11.9. The smallest absolute Gasteiger partial charge is 0.236 e. The van der Waals surface area contributed by atoms with E-state index in [1.807, 2.05) is 13.8 Å². The molecule has 3 N–H and O–H groups in total. The van der Waals surface area contributed by atoms with Gasteiger partial charge in [-0.05, 0) is 31.9 Å². The highest BCUT2D eigenvalue weighted by Gasteiger charge is 2.37. The third-order valence-electron chi connectivity index (χ3n) is 2.81.